The summed E-state index contributed by atoms with van der Waals surface area (Å²) in [5, 5.41) is 14.8. The summed E-state index contributed by atoms with van der Waals surface area (Å²) in [5.74, 6) is -0.0552. The fourth-order valence-corrected chi connectivity index (χ4v) is 3.85. The van der Waals surface area contributed by atoms with Crippen molar-refractivity contribution >= 4 is 40.3 Å². The van der Waals surface area contributed by atoms with Crippen molar-refractivity contribution in [3.8, 4) is 0 Å². The summed E-state index contributed by atoms with van der Waals surface area (Å²) < 4.78 is 38.8. The molecule has 0 bridgehead atoms. The second-order valence-electron chi connectivity index (χ2n) is 8.50. The number of amides is 3. The number of aromatic amines is 1. The molecule has 4 N–H and O–H groups in total. The number of carbonyl (C=O) groups excluding carboxylic acids is 2. The van der Waals surface area contributed by atoms with Gasteiger partial charge in [0.15, 0.2) is 23.5 Å². The predicted molar refractivity (Wildman–Crippen MR) is 125 cm³/mol. The normalized spacial score (nSPS) is 17.4. The van der Waals surface area contributed by atoms with E-state index in [2.05, 4.69) is 43.0 Å². The van der Waals surface area contributed by atoms with E-state index in [1.54, 1.807) is 24.4 Å². The number of rotatable bonds is 7. The van der Waals surface area contributed by atoms with Crippen LogP contribution in [-0.4, -0.2) is 63.8 Å². The summed E-state index contributed by atoms with van der Waals surface area (Å²) in [4.78, 5) is 35.7. The van der Waals surface area contributed by atoms with Crippen molar-refractivity contribution in [3.05, 3.63) is 36.2 Å². The van der Waals surface area contributed by atoms with Crippen LogP contribution in [0.3, 0.4) is 0 Å². The third kappa shape index (κ3) is 5.44. The molecule has 1 saturated heterocycles. The first-order chi connectivity index (χ1) is 16.7. The molecule has 1 unspecified atom stereocenters. The van der Waals surface area contributed by atoms with Gasteiger partial charge in [0.1, 0.15) is 5.69 Å². The molecule has 35 heavy (non-hydrogen) atoms. The second-order valence-corrected chi connectivity index (χ2v) is 8.50. The van der Waals surface area contributed by atoms with Crippen LogP contribution in [-0.2, 0) is 0 Å². The molecule has 0 aromatic carbocycles. The molecule has 0 aliphatic carbocycles. The van der Waals surface area contributed by atoms with Crippen molar-refractivity contribution in [1.29, 1.82) is 0 Å². The highest BCUT2D eigenvalue weighted by Gasteiger charge is 2.29. The number of hydrogen-bond donors (Lipinski definition) is 4. The Labute approximate surface area is 198 Å². The highest BCUT2D eigenvalue weighted by molar-refractivity contribution is 6.05. The number of nitrogens with one attached hydrogen (secondary N) is 4. The number of aromatic nitrogens is 4. The van der Waals surface area contributed by atoms with Gasteiger partial charge in [-0.15, -0.1) is 0 Å². The first-order valence-electron chi connectivity index (χ1n) is 11.1. The highest BCUT2D eigenvalue weighted by atomic mass is 19.3. The van der Waals surface area contributed by atoms with E-state index in [9.17, 15) is 22.8 Å². The number of nitrogens with zero attached hydrogens (tertiary/aromatic N) is 4. The molecule has 0 spiro atoms. The number of urea groups is 1. The van der Waals surface area contributed by atoms with E-state index in [1.807, 2.05) is 4.90 Å². The fraction of sp³-hybridized carbons (Fsp3) is 0.409. The lowest BCUT2D eigenvalue weighted by Gasteiger charge is -2.22. The standard InChI is InChI=1S/C22H25F3N8O2/c1-11-7-9-33(10-11)15-6-5-14(21(34)27-12(2)16(23)17(24)25)28-20(15)30-22(35)29-19-13-4-3-8-26-18(13)31-32-19/h3-6,8,11-12,16-17H,7,9-10H2,1-2H3,(H,27,34)(H3,26,28,29,30,31,32,35)/t11-,12+,16?/m0/s1. The minimum Gasteiger partial charge on any atom is -0.368 e. The maximum atomic E-state index is 13.6. The molecular formula is C22H25F3N8O2. The monoisotopic (exact) mass is 490 g/mol. The Morgan fingerprint density at radius 1 is 1.17 bits per heavy atom. The molecule has 3 atom stereocenters. The highest BCUT2D eigenvalue weighted by Crippen LogP contribution is 2.30. The first-order valence-corrected chi connectivity index (χ1v) is 11.1. The molecule has 3 aromatic rings. The molecule has 13 heteroatoms. The van der Waals surface area contributed by atoms with E-state index in [0.29, 0.717) is 22.6 Å². The Kier molecular flexibility index (Phi) is 7.03. The van der Waals surface area contributed by atoms with E-state index in [0.717, 1.165) is 26.4 Å². The van der Waals surface area contributed by atoms with Gasteiger partial charge >= 0.3 is 6.03 Å². The minimum absolute atomic E-state index is 0.0977. The van der Waals surface area contributed by atoms with Gasteiger partial charge in [0.25, 0.3) is 12.3 Å². The Balaban J connectivity index is 1.56. The SMILES string of the molecule is C[C@H]1CCN(c2ccc(C(=O)N[C@H](C)C(F)C(F)F)nc2NC(=O)Nc2n[nH]c3ncccc23)C1. The van der Waals surface area contributed by atoms with E-state index < -0.39 is 30.6 Å². The lowest BCUT2D eigenvalue weighted by atomic mass is 10.2. The smallest absolute Gasteiger partial charge is 0.326 e. The second kappa shape index (κ2) is 10.2. The van der Waals surface area contributed by atoms with Gasteiger partial charge < -0.3 is 10.2 Å². The van der Waals surface area contributed by atoms with Crippen LogP contribution in [0.2, 0.25) is 0 Å². The van der Waals surface area contributed by atoms with Crippen LogP contribution in [0, 0.1) is 5.92 Å². The molecule has 3 amide bonds. The average Bonchev–Trinajstić information content (AvgIpc) is 3.44. The average molecular weight is 490 g/mol. The lowest BCUT2D eigenvalue weighted by Crippen LogP contribution is -2.42. The molecule has 3 aromatic heterocycles. The van der Waals surface area contributed by atoms with Crippen LogP contribution < -0.4 is 20.9 Å². The van der Waals surface area contributed by atoms with Crippen LogP contribution in [0.15, 0.2) is 30.5 Å². The summed E-state index contributed by atoms with van der Waals surface area (Å²) in [6, 6.07) is 4.38. The number of anilines is 3. The van der Waals surface area contributed by atoms with Gasteiger partial charge in [-0.25, -0.2) is 27.9 Å². The first kappa shape index (κ1) is 24.2. The predicted octanol–water partition coefficient (Wildman–Crippen LogP) is 3.56. The van der Waals surface area contributed by atoms with Gasteiger partial charge in [-0.3, -0.25) is 20.5 Å². The number of pyridine rings is 2. The van der Waals surface area contributed by atoms with Crippen molar-refractivity contribution in [2.75, 3.05) is 28.6 Å². The van der Waals surface area contributed by atoms with Gasteiger partial charge in [0.2, 0.25) is 0 Å². The molecule has 4 heterocycles. The third-order valence-electron chi connectivity index (χ3n) is 5.75. The molecule has 4 rings (SSSR count). The number of H-pyrrole nitrogens is 1. The Morgan fingerprint density at radius 2 is 1.94 bits per heavy atom. The van der Waals surface area contributed by atoms with Crippen LogP contribution in [0.25, 0.3) is 11.0 Å². The maximum absolute atomic E-state index is 13.6. The van der Waals surface area contributed by atoms with Crippen LogP contribution in [0.4, 0.5) is 35.3 Å². The fourth-order valence-electron chi connectivity index (χ4n) is 3.85. The quantitative estimate of drug-likeness (QED) is 0.401. The zero-order chi connectivity index (χ0) is 25.1. The molecule has 0 saturated carbocycles. The van der Waals surface area contributed by atoms with E-state index in [-0.39, 0.29) is 17.3 Å². The van der Waals surface area contributed by atoms with E-state index in [1.165, 1.54) is 6.07 Å². The summed E-state index contributed by atoms with van der Waals surface area (Å²) in [6.07, 6.45) is -3.22. The lowest BCUT2D eigenvalue weighted by molar-refractivity contribution is 0.0310. The molecule has 10 nitrogen and oxygen atoms in total. The van der Waals surface area contributed by atoms with Gasteiger partial charge in [0, 0.05) is 19.3 Å². The topological polar surface area (TPSA) is 128 Å². The number of carbonyl (C=O) groups is 2. The van der Waals surface area contributed by atoms with Crippen LogP contribution >= 0.6 is 0 Å². The minimum atomic E-state index is -3.23. The van der Waals surface area contributed by atoms with Gasteiger partial charge in [-0.1, -0.05) is 6.92 Å². The van der Waals surface area contributed by atoms with Crippen molar-refractivity contribution in [2.24, 2.45) is 5.92 Å². The van der Waals surface area contributed by atoms with Crippen LogP contribution in [0.5, 0.6) is 0 Å². The zero-order valence-electron chi connectivity index (χ0n) is 19.1. The van der Waals surface area contributed by atoms with E-state index in [4.69, 9.17) is 0 Å². The third-order valence-corrected chi connectivity index (χ3v) is 5.75. The summed E-state index contributed by atoms with van der Waals surface area (Å²) in [7, 11) is 0. The number of fused-ring (bicyclic) bond motifs is 1. The maximum Gasteiger partial charge on any atom is 0.326 e. The summed E-state index contributed by atoms with van der Waals surface area (Å²) in [5.41, 5.74) is 0.938. The molecule has 186 valence electrons. The Hall–Kier alpha value is -3.90. The van der Waals surface area contributed by atoms with Gasteiger partial charge in [0.05, 0.1) is 17.1 Å². The Bertz CT molecular complexity index is 1220. The molecule has 1 aliphatic heterocycles. The Morgan fingerprint density at radius 3 is 2.66 bits per heavy atom. The van der Waals surface area contributed by atoms with E-state index >= 15 is 0 Å². The molecular weight excluding hydrogens is 465 g/mol. The van der Waals surface area contributed by atoms with Gasteiger partial charge in [-0.2, -0.15) is 5.10 Å². The summed E-state index contributed by atoms with van der Waals surface area (Å²) >= 11 is 0. The van der Waals surface area contributed by atoms with Crippen LogP contribution in [0.1, 0.15) is 30.8 Å². The molecule has 1 fully saturated rings. The summed E-state index contributed by atoms with van der Waals surface area (Å²) in [6.45, 7) is 4.71. The largest absolute Gasteiger partial charge is 0.368 e. The van der Waals surface area contributed by atoms with Crippen molar-refractivity contribution < 1.29 is 22.8 Å². The number of alkyl halides is 3. The molecule has 1 aliphatic rings. The van der Waals surface area contributed by atoms with Crippen molar-refractivity contribution in [3.63, 3.8) is 0 Å². The zero-order valence-corrected chi connectivity index (χ0v) is 19.1. The van der Waals surface area contributed by atoms with Crippen molar-refractivity contribution in [1.82, 2.24) is 25.5 Å². The van der Waals surface area contributed by atoms with Crippen molar-refractivity contribution in [2.45, 2.75) is 38.9 Å². The van der Waals surface area contributed by atoms with Gasteiger partial charge in [-0.05, 0) is 43.5 Å². The number of hydrogen-bond acceptors (Lipinski definition) is 6. The molecule has 0 radical (unpaired) electrons. The number of halogens is 3.